The number of guanidine groups is 1. The number of hydrogen-bond donors (Lipinski definition) is 2. The van der Waals surface area contributed by atoms with Gasteiger partial charge < -0.3 is 15.5 Å². The zero-order valence-corrected chi connectivity index (χ0v) is 15.0. The van der Waals surface area contributed by atoms with Crippen LogP contribution in [-0.2, 0) is 19.6 Å². The second-order valence-corrected chi connectivity index (χ2v) is 6.71. The maximum atomic E-state index is 4.66. The van der Waals surface area contributed by atoms with Gasteiger partial charge in [0.05, 0.1) is 13.1 Å². The van der Waals surface area contributed by atoms with Gasteiger partial charge in [0.1, 0.15) is 0 Å². The number of aliphatic imine (C=N–C) groups is 1. The largest absolute Gasteiger partial charge is 0.357 e. The van der Waals surface area contributed by atoms with Crippen LogP contribution in [0.4, 0.5) is 0 Å². The Balaban J connectivity index is 1.91. The second-order valence-electron chi connectivity index (χ2n) is 5.68. The third-order valence-corrected chi connectivity index (χ3v) is 4.17. The van der Waals surface area contributed by atoms with Crippen molar-refractivity contribution in [2.24, 2.45) is 4.99 Å². The second kappa shape index (κ2) is 9.33. The molecule has 0 aliphatic carbocycles. The van der Waals surface area contributed by atoms with Crippen molar-refractivity contribution >= 4 is 17.3 Å². The Kier molecular flexibility index (Phi) is 7.10. The van der Waals surface area contributed by atoms with Gasteiger partial charge in [-0.25, -0.2) is 4.99 Å². The van der Waals surface area contributed by atoms with E-state index >= 15 is 0 Å². The Bertz CT molecular complexity index is 588. The highest BCUT2D eigenvalue weighted by molar-refractivity contribution is 7.09. The van der Waals surface area contributed by atoms with E-state index in [1.54, 1.807) is 11.3 Å². The molecule has 0 saturated heterocycles. The SMILES string of the molecule is CCNC(=NCc1ccc(CN(C)C)cc1)NCc1cccs1. The molecule has 5 heteroatoms. The topological polar surface area (TPSA) is 39.7 Å². The Morgan fingerprint density at radius 2 is 1.83 bits per heavy atom. The number of thiophene rings is 1. The van der Waals surface area contributed by atoms with E-state index in [1.807, 2.05) is 0 Å². The Morgan fingerprint density at radius 3 is 2.43 bits per heavy atom. The van der Waals surface area contributed by atoms with E-state index in [2.05, 4.69) is 83.3 Å². The monoisotopic (exact) mass is 330 g/mol. The van der Waals surface area contributed by atoms with Gasteiger partial charge in [-0.05, 0) is 43.6 Å². The molecule has 2 rings (SSSR count). The van der Waals surface area contributed by atoms with E-state index in [1.165, 1.54) is 16.0 Å². The molecule has 0 amide bonds. The number of hydrogen-bond acceptors (Lipinski definition) is 3. The minimum absolute atomic E-state index is 0.683. The maximum absolute atomic E-state index is 4.66. The smallest absolute Gasteiger partial charge is 0.191 e. The van der Waals surface area contributed by atoms with Crippen LogP contribution in [0.15, 0.2) is 46.8 Å². The van der Waals surface area contributed by atoms with Crippen LogP contribution in [0.5, 0.6) is 0 Å². The summed E-state index contributed by atoms with van der Waals surface area (Å²) in [5.41, 5.74) is 2.55. The lowest BCUT2D eigenvalue weighted by Gasteiger charge is -2.11. The fourth-order valence-electron chi connectivity index (χ4n) is 2.21. The molecule has 0 atom stereocenters. The molecule has 2 N–H and O–H groups in total. The molecule has 0 spiro atoms. The molecule has 2 aromatic rings. The van der Waals surface area contributed by atoms with Crippen molar-refractivity contribution in [3.63, 3.8) is 0 Å². The average Bonchev–Trinajstić information content (AvgIpc) is 3.04. The number of nitrogens with one attached hydrogen (secondary N) is 2. The molecule has 1 aromatic carbocycles. The van der Waals surface area contributed by atoms with Crippen molar-refractivity contribution in [3.05, 3.63) is 57.8 Å². The molecule has 0 aliphatic heterocycles. The third kappa shape index (κ3) is 6.42. The first kappa shape index (κ1) is 17.5. The summed E-state index contributed by atoms with van der Waals surface area (Å²) in [7, 11) is 4.17. The van der Waals surface area contributed by atoms with E-state index in [-0.39, 0.29) is 0 Å². The number of benzene rings is 1. The normalized spacial score (nSPS) is 11.7. The van der Waals surface area contributed by atoms with Crippen LogP contribution in [0.1, 0.15) is 22.9 Å². The molecular formula is C18H26N4S. The third-order valence-electron chi connectivity index (χ3n) is 3.30. The minimum atomic E-state index is 0.683. The van der Waals surface area contributed by atoms with Crippen molar-refractivity contribution in [2.45, 2.75) is 26.6 Å². The highest BCUT2D eigenvalue weighted by atomic mass is 32.1. The number of rotatable bonds is 7. The van der Waals surface area contributed by atoms with Crippen molar-refractivity contribution < 1.29 is 0 Å². The summed E-state index contributed by atoms with van der Waals surface area (Å²) < 4.78 is 0. The van der Waals surface area contributed by atoms with E-state index < -0.39 is 0 Å². The van der Waals surface area contributed by atoms with Crippen LogP contribution < -0.4 is 10.6 Å². The van der Waals surface area contributed by atoms with Gasteiger partial charge in [0.25, 0.3) is 0 Å². The zero-order valence-electron chi connectivity index (χ0n) is 14.2. The van der Waals surface area contributed by atoms with Gasteiger partial charge in [0, 0.05) is 18.0 Å². The predicted octanol–water partition coefficient (Wildman–Crippen LogP) is 3.07. The first-order valence-electron chi connectivity index (χ1n) is 7.94. The maximum Gasteiger partial charge on any atom is 0.191 e. The lowest BCUT2D eigenvalue weighted by Crippen LogP contribution is -2.36. The van der Waals surface area contributed by atoms with Crippen LogP contribution in [0.3, 0.4) is 0 Å². The van der Waals surface area contributed by atoms with Crippen molar-refractivity contribution in [1.29, 1.82) is 0 Å². The summed E-state index contributed by atoms with van der Waals surface area (Å²) >= 11 is 1.75. The van der Waals surface area contributed by atoms with E-state index in [4.69, 9.17) is 0 Å². The molecule has 1 aromatic heterocycles. The number of nitrogens with zero attached hydrogens (tertiary/aromatic N) is 2. The molecule has 124 valence electrons. The molecule has 23 heavy (non-hydrogen) atoms. The summed E-state index contributed by atoms with van der Waals surface area (Å²) in [6.07, 6.45) is 0. The highest BCUT2D eigenvalue weighted by Crippen LogP contribution is 2.08. The molecule has 0 bridgehead atoms. The standard InChI is InChI=1S/C18H26N4S/c1-4-19-18(21-13-17-6-5-11-23-17)20-12-15-7-9-16(10-8-15)14-22(2)3/h5-11H,4,12-14H2,1-3H3,(H2,19,20,21). The first-order valence-corrected chi connectivity index (χ1v) is 8.82. The van der Waals surface area contributed by atoms with Crippen LogP contribution in [-0.4, -0.2) is 31.5 Å². The van der Waals surface area contributed by atoms with Crippen molar-refractivity contribution in [3.8, 4) is 0 Å². The summed E-state index contributed by atoms with van der Waals surface area (Å²) in [6.45, 7) is 5.40. The molecule has 0 saturated carbocycles. The first-order chi connectivity index (χ1) is 11.2. The molecule has 0 radical (unpaired) electrons. The van der Waals surface area contributed by atoms with Crippen molar-refractivity contribution in [1.82, 2.24) is 15.5 Å². The average molecular weight is 331 g/mol. The Hall–Kier alpha value is -1.85. The summed E-state index contributed by atoms with van der Waals surface area (Å²) in [5, 5.41) is 8.76. The molecule has 0 unspecified atom stereocenters. The van der Waals surface area contributed by atoms with Gasteiger partial charge in [-0.1, -0.05) is 30.3 Å². The van der Waals surface area contributed by atoms with Gasteiger partial charge in [-0.15, -0.1) is 11.3 Å². The predicted molar refractivity (Wildman–Crippen MR) is 99.8 cm³/mol. The molecule has 0 fully saturated rings. The van der Waals surface area contributed by atoms with Crippen LogP contribution in [0.2, 0.25) is 0 Å². The van der Waals surface area contributed by atoms with Crippen molar-refractivity contribution in [2.75, 3.05) is 20.6 Å². The Labute approximate surface area is 143 Å². The molecule has 1 heterocycles. The van der Waals surface area contributed by atoms with Crippen LogP contribution in [0.25, 0.3) is 0 Å². The van der Waals surface area contributed by atoms with Crippen LogP contribution >= 0.6 is 11.3 Å². The quantitative estimate of drug-likeness (QED) is 0.605. The van der Waals surface area contributed by atoms with E-state index in [0.29, 0.717) is 6.54 Å². The minimum Gasteiger partial charge on any atom is -0.357 e. The van der Waals surface area contributed by atoms with Gasteiger partial charge in [0.2, 0.25) is 0 Å². The lowest BCUT2D eigenvalue weighted by molar-refractivity contribution is 0.402. The van der Waals surface area contributed by atoms with Gasteiger partial charge in [-0.2, -0.15) is 0 Å². The summed E-state index contributed by atoms with van der Waals surface area (Å²) in [6, 6.07) is 12.9. The summed E-state index contributed by atoms with van der Waals surface area (Å²) in [5.74, 6) is 0.860. The lowest BCUT2D eigenvalue weighted by atomic mass is 10.1. The molecular weight excluding hydrogens is 304 g/mol. The fraction of sp³-hybridized carbons (Fsp3) is 0.389. The van der Waals surface area contributed by atoms with Gasteiger partial charge >= 0.3 is 0 Å². The Morgan fingerprint density at radius 1 is 1.09 bits per heavy atom. The zero-order chi connectivity index (χ0) is 16.5. The highest BCUT2D eigenvalue weighted by Gasteiger charge is 2.00. The van der Waals surface area contributed by atoms with Gasteiger partial charge in [-0.3, -0.25) is 0 Å². The molecule has 0 aliphatic rings. The van der Waals surface area contributed by atoms with Gasteiger partial charge in [0.15, 0.2) is 5.96 Å². The molecule has 4 nitrogen and oxygen atoms in total. The van der Waals surface area contributed by atoms with E-state index in [0.717, 1.165) is 25.6 Å². The van der Waals surface area contributed by atoms with E-state index in [9.17, 15) is 0 Å². The fourth-order valence-corrected chi connectivity index (χ4v) is 2.86. The summed E-state index contributed by atoms with van der Waals surface area (Å²) in [4.78, 5) is 8.14. The van der Waals surface area contributed by atoms with Crippen LogP contribution in [0, 0.1) is 0 Å².